The molecule has 0 fully saturated rings. The molecule has 0 unspecified atom stereocenters. The molecule has 5 nitrogen and oxygen atoms in total. The highest BCUT2D eigenvalue weighted by Crippen LogP contribution is 2.29. The second-order valence-corrected chi connectivity index (χ2v) is 8.80. The number of rotatable bonds is 6. The summed E-state index contributed by atoms with van der Waals surface area (Å²) >= 11 is 0. The molecule has 0 spiro atoms. The predicted molar refractivity (Wildman–Crippen MR) is 142 cm³/mol. The molecule has 37 heavy (non-hydrogen) atoms. The first kappa shape index (κ1) is 23.9. The largest absolute Gasteiger partial charge is 0.508 e. The summed E-state index contributed by atoms with van der Waals surface area (Å²) in [5, 5.41) is 10.5. The summed E-state index contributed by atoms with van der Waals surface area (Å²) in [6, 6.07) is 27.6. The van der Waals surface area contributed by atoms with Gasteiger partial charge in [0, 0.05) is 22.2 Å². The number of carbonyl (C=O) groups is 2. The summed E-state index contributed by atoms with van der Waals surface area (Å²) in [5.41, 5.74) is 5.11. The smallest absolute Gasteiger partial charge is 0.259 e. The lowest BCUT2D eigenvalue weighted by Crippen LogP contribution is -2.31. The van der Waals surface area contributed by atoms with Gasteiger partial charge in [-0.3, -0.25) is 9.59 Å². The number of hydrogen-bond donors (Lipinski definition) is 1. The number of aryl methyl sites for hydroxylation is 1. The maximum Gasteiger partial charge on any atom is 0.259 e. The minimum atomic E-state index is -0.360. The molecule has 6 heteroatoms. The van der Waals surface area contributed by atoms with Crippen LogP contribution in [0.25, 0.3) is 22.2 Å². The zero-order chi connectivity index (χ0) is 25.9. The monoisotopic (exact) mass is 490 g/mol. The molecule has 0 saturated carbocycles. The molecule has 0 saturated heterocycles. The van der Waals surface area contributed by atoms with Crippen molar-refractivity contribution in [2.45, 2.75) is 13.5 Å². The van der Waals surface area contributed by atoms with Gasteiger partial charge in [0.15, 0.2) is 6.29 Å². The molecule has 0 aliphatic rings. The standard InChI is InChI=1S/C31H23FN2O3/c1-20-15-23-16-25(32)9-14-29(23)33-30(20)22-7-10-26(11-8-22)34(18-21-5-3-2-4-6-21)31(37)28-13-12-27(36)17-24(28)19-35/h2-17,19,36H,18H2,1H3. The molecule has 5 aromatic rings. The van der Waals surface area contributed by atoms with E-state index in [2.05, 4.69) is 0 Å². The van der Waals surface area contributed by atoms with Gasteiger partial charge < -0.3 is 10.0 Å². The van der Waals surface area contributed by atoms with Gasteiger partial charge in [-0.05, 0) is 72.6 Å². The zero-order valence-corrected chi connectivity index (χ0v) is 20.1. The average molecular weight is 491 g/mol. The molecule has 0 aliphatic heterocycles. The number of nitrogens with zero attached hydrogens (tertiary/aromatic N) is 2. The third kappa shape index (κ3) is 4.95. The van der Waals surface area contributed by atoms with E-state index in [-0.39, 0.29) is 35.1 Å². The molecule has 1 N–H and O–H groups in total. The van der Waals surface area contributed by atoms with E-state index in [4.69, 9.17) is 4.98 Å². The summed E-state index contributed by atoms with van der Waals surface area (Å²) in [6.07, 6.45) is 0.566. The van der Waals surface area contributed by atoms with Crippen LogP contribution < -0.4 is 4.90 Å². The van der Waals surface area contributed by atoms with Crippen LogP contribution in [0.3, 0.4) is 0 Å². The van der Waals surface area contributed by atoms with Gasteiger partial charge in [0.1, 0.15) is 11.6 Å². The minimum absolute atomic E-state index is 0.0846. The maximum atomic E-state index is 13.7. The van der Waals surface area contributed by atoms with Crippen LogP contribution in [0, 0.1) is 12.7 Å². The highest BCUT2D eigenvalue weighted by atomic mass is 19.1. The third-order valence-electron chi connectivity index (χ3n) is 6.24. The van der Waals surface area contributed by atoms with E-state index >= 15 is 0 Å². The Labute approximate surface area is 213 Å². The lowest BCUT2D eigenvalue weighted by atomic mass is 10.0. The van der Waals surface area contributed by atoms with Crippen molar-refractivity contribution in [3.63, 3.8) is 0 Å². The lowest BCUT2D eigenvalue weighted by molar-refractivity contribution is 0.0978. The molecule has 0 bridgehead atoms. The Balaban J connectivity index is 1.54. The van der Waals surface area contributed by atoms with E-state index in [1.807, 2.05) is 67.6 Å². The normalized spacial score (nSPS) is 10.9. The summed E-state index contributed by atoms with van der Waals surface area (Å²) in [6.45, 7) is 2.22. The molecule has 5 rings (SSSR count). The third-order valence-corrected chi connectivity index (χ3v) is 6.24. The van der Waals surface area contributed by atoms with E-state index < -0.39 is 0 Å². The van der Waals surface area contributed by atoms with Crippen LogP contribution in [0.15, 0.2) is 97.1 Å². The molecular weight excluding hydrogens is 467 g/mol. The number of pyridine rings is 1. The Morgan fingerprint density at radius 1 is 0.946 bits per heavy atom. The van der Waals surface area contributed by atoms with Crippen LogP contribution in [-0.2, 0) is 6.54 Å². The Morgan fingerprint density at radius 2 is 1.70 bits per heavy atom. The number of aromatic nitrogens is 1. The fourth-order valence-electron chi connectivity index (χ4n) is 4.38. The molecule has 0 radical (unpaired) electrons. The van der Waals surface area contributed by atoms with Gasteiger partial charge >= 0.3 is 0 Å². The first-order valence-electron chi connectivity index (χ1n) is 11.7. The summed E-state index contributed by atoms with van der Waals surface area (Å²) < 4.78 is 13.6. The summed E-state index contributed by atoms with van der Waals surface area (Å²) in [7, 11) is 0. The van der Waals surface area contributed by atoms with Gasteiger partial charge in [-0.1, -0.05) is 42.5 Å². The second kappa shape index (κ2) is 10.0. The molecule has 182 valence electrons. The van der Waals surface area contributed by atoms with Crippen molar-refractivity contribution in [1.82, 2.24) is 4.98 Å². The highest BCUT2D eigenvalue weighted by Gasteiger charge is 2.22. The van der Waals surface area contributed by atoms with E-state index in [0.717, 1.165) is 27.8 Å². The van der Waals surface area contributed by atoms with E-state index in [1.165, 1.54) is 30.3 Å². The van der Waals surface area contributed by atoms with Gasteiger partial charge in [-0.15, -0.1) is 0 Å². The average Bonchev–Trinajstić information content (AvgIpc) is 2.91. The molecule has 1 amide bonds. The van der Waals surface area contributed by atoms with Gasteiger partial charge in [0.05, 0.1) is 23.3 Å². The number of aromatic hydroxyl groups is 1. The molecule has 0 atom stereocenters. The quantitative estimate of drug-likeness (QED) is 0.269. The van der Waals surface area contributed by atoms with E-state index in [1.54, 1.807) is 11.0 Å². The van der Waals surface area contributed by atoms with Crippen molar-refractivity contribution in [2.24, 2.45) is 0 Å². The number of carbonyl (C=O) groups excluding carboxylic acids is 2. The van der Waals surface area contributed by atoms with Crippen molar-refractivity contribution in [3.05, 3.63) is 125 Å². The molecule has 0 aliphatic carbocycles. The van der Waals surface area contributed by atoms with E-state index in [0.29, 0.717) is 17.5 Å². The number of hydrogen-bond acceptors (Lipinski definition) is 4. The number of phenols is 1. The van der Waals surface area contributed by atoms with Gasteiger partial charge in [0.25, 0.3) is 5.91 Å². The summed E-state index contributed by atoms with van der Waals surface area (Å²) in [4.78, 5) is 31.6. The minimum Gasteiger partial charge on any atom is -0.508 e. The predicted octanol–water partition coefficient (Wildman–Crippen LogP) is 6.71. The fourth-order valence-corrected chi connectivity index (χ4v) is 4.38. The number of phenolic OH excluding ortho intramolecular Hbond substituents is 1. The van der Waals surface area contributed by atoms with Crippen LogP contribution in [0.2, 0.25) is 0 Å². The Morgan fingerprint density at radius 3 is 2.43 bits per heavy atom. The van der Waals surface area contributed by atoms with Crippen molar-refractivity contribution < 1.29 is 19.1 Å². The van der Waals surface area contributed by atoms with Crippen LogP contribution in [0.5, 0.6) is 5.75 Å². The van der Waals surface area contributed by atoms with Gasteiger partial charge in [-0.2, -0.15) is 0 Å². The molecule has 4 aromatic carbocycles. The fraction of sp³-hybridized carbons (Fsp3) is 0.0645. The number of aldehydes is 1. The Hall–Kier alpha value is -4.84. The van der Waals surface area contributed by atoms with Crippen LogP contribution in [-0.4, -0.2) is 22.3 Å². The van der Waals surface area contributed by atoms with E-state index in [9.17, 15) is 19.1 Å². The maximum absolute atomic E-state index is 13.7. The highest BCUT2D eigenvalue weighted by molar-refractivity contribution is 6.10. The van der Waals surface area contributed by atoms with Crippen molar-refractivity contribution in [1.29, 1.82) is 0 Å². The number of fused-ring (bicyclic) bond motifs is 1. The number of benzene rings is 4. The van der Waals surface area contributed by atoms with Crippen LogP contribution >= 0.6 is 0 Å². The van der Waals surface area contributed by atoms with Crippen molar-refractivity contribution in [2.75, 3.05) is 4.90 Å². The van der Waals surface area contributed by atoms with Crippen LogP contribution in [0.1, 0.15) is 31.8 Å². The summed E-state index contributed by atoms with van der Waals surface area (Å²) in [5.74, 6) is -0.750. The SMILES string of the molecule is Cc1cc2cc(F)ccc2nc1-c1ccc(N(Cc2ccccc2)C(=O)c2ccc(O)cc2C=O)cc1. The van der Waals surface area contributed by atoms with Crippen LogP contribution in [0.4, 0.5) is 10.1 Å². The van der Waals surface area contributed by atoms with Gasteiger partial charge in [0.2, 0.25) is 0 Å². The number of anilines is 1. The van der Waals surface area contributed by atoms with Crippen molar-refractivity contribution >= 4 is 28.8 Å². The Bertz CT molecular complexity index is 1620. The number of halogens is 1. The zero-order valence-electron chi connectivity index (χ0n) is 20.1. The first-order valence-corrected chi connectivity index (χ1v) is 11.7. The number of amides is 1. The lowest BCUT2D eigenvalue weighted by Gasteiger charge is -2.24. The molecule has 1 aromatic heterocycles. The first-order chi connectivity index (χ1) is 17.9. The van der Waals surface area contributed by atoms with Gasteiger partial charge in [-0.25, -0.2) is 9.37 Å². The Kier molecular flexibility index (Phi) is 6.47. The second-order valence-electron chi connectivity index (χ2n) is 8.80. The molecule has 1 heterocycles. The molecular formula is C31H23FN2O3. The van der Waals surface area contributed by atoms with Crippen molar-refractivity contribution in [3.8, 4) is 17.0 Å². The topological polar surface area (TPSA) is 70.5 Å².